The molecule has 0 unspecified atom stereocenters. The summed E-state index contributed by atoms with van der Waals surface area (Å²) >= 11 is 0.492. The van der Waals surface area contributed by atoms with Gasteiger partial charge in [0.15, 0.2) is 0 Å². The van der Waals surface area contributed by atoms with Crippen LogP contribution < -0.4 is 5.69 Å². The van der Waals surface area contributed by atoms with Crippen molar-refractivity contribution in [2.45, 2.75) is 17.6 Å². The molecule has 18 heavy (non-hydrogen) atoms. The molecule has 6 heteroatoms. The predicted molar refractivity (Wildman–Crippen MR) is 66.9 cm³/mol. The predicted octanol–water partition coefficient (Wildman–Crippen LogP) is 3.06. The Hall–Kier alpha value is -1.69. The summed E-state index contributed by atoms with van der Waals surface area (Å²) in [5.74, 6) is -2.43. The largest absolute Gasteiger partial charge is 0.345 e. The van der Waals surface area contributed by atoms with Crippen molar-refractivity contribution in [3.63, 3.8) is 0 Å². The Bertz CT molecular complexity index is 596. The number of alkyl halides is 2. The van der Waals surface area contributed by atoms with Gasteiger partial charge in [-0.2, -0.15) is 8.78 Å². The average Bonchev–Trinajstić information content (AvgIpc) is 2.33. The number of aromatic nitrogens is 2. The van der Waals surface area contributed by atoms with Gasteiger partial charge in [-0.3, -0.25) is 0 Å². The van der Waals surface area contributed by atoms with Gasteiger partial charge >= 0.3 is 5.69 Å². The van der Waals surface area contributed by atoms with Gasteiger partial charge in [0.05, 0.1) is 5.69 Å². The van der Waals surface area contributed by atoms with E-state index in [9.17, 15) is 13.6 Å². The van der Waals surface area contributed by atoms with E-state index in [1.54, 1.807) is 24.3 Å². The first-order valence-electron chi connectivity index (χ1n) is 5.17. The van der Waals surface area contributed by atoms with Crippen LogP contribution in [0.25, 0.3) is 11.3 Å². The molecule has 2 rings (SSSR count). The number of halogens is 2. The fourth-order valence-corrected chi connectivity index (χ4v) is 2.06. The number of thioether (sulfide) groups is 1. The molecule has 0 radical (unpaired) electrons. The molecule has 0 spiro atoms. The van der Waals surface area contributed by atoms with Gasteiger partial charge in [-0.1, -0.05) is 23.9 Å². The van der Waals surface area contributed by atoms with E-state index in [2.05, 4.69) is 9.97 Å². The highest BCUT2D eigenvalue weighted by atomic mass is 32.2. The van der Waals surface area contributed by atoms with Crippen molar-refractivity contribution >= 4 is 11.8 Å². The van der Waals surface area contributed by atoms with Crippen molar-refractivity contribution in [2.24, 2.45) is 0 Å². The van der Waals surface area contributed by atoms with E-state index in [0.717, 1.165) is 11.1 Å². The molecule has 0 saturated heterocycles. The fraction of sp³-hybridized carbons (Fsp3) is 0.167. The van der Waals surface area contributed by atoms with Crippen molar-refractivity contribution in [3.8, 4) is 11.3 Å². The minimum Gasteiger partial charge on any atom is -0.305 e. The third-order valence-corrected chi connectivity index (χ3v) is 3.09. The summed E-state index contributed by atoms with van der Waals surface area (Å²) in [6.45, 7) is 1.82. The second-order valence-corrected chi connectivity index (χ2v) is 4.71. The molecule has 1 aromatic heterocycles. The molecule has 1 heterocycles. The monoisotopic (exact) mass is 268 g/mol. The summed E-state index contributed by atoms with van der Waals surface area (Å²) in [4.78, 5) is 17.9. The second-order valence-electron chi connectivity index (χ2n) is 3.65. The number of hydrogen-bond donors (Lipinski definition) is 1. The van der Waals surface area contributed by atoms with Crippen LogP contribution in [0, 0.1) is 6.92 Å². The topological polar surface area (TPSA) is 45.8 Å². The standard InChI is InChI=1S/C12H10F2N2OS/c1-7-6-15-12(17)16-10(7)8-2-4-9(5-3-8)18-11(13)14/h2-6,11H,1H3,(H,15,16,17). The molecule has 0 aliphatic carbocycles. The smallest absolute Gasteiger partial charge is 0.305 e. The molecule has 1 N–H and O–H groups in total. The number of aryl methyl sites for hydroxylation is 1. The number of nitrogens with one attached hydrogen (secondary N) is 1. The Morgan fingerprint density at radius 1 is 1.28 bits per heavy atom. The van der Waals surface area contributed by atoms with Gasteiger partial charge in [0.25, 0.3) is 5.76 Å². The molecule has 3 nitrogen and oxygen atoms in total. The molecule has 0 bridgehead atoms. The van der Waals surface area contributed by atoms with Crippen LogP contribution in [0.3, 0.4) is 0 Å². The molecule has 94 valence electrons. The lowest BCUT2D eigenvalue weighted by Gasteiger charge is -2.06. The number of rotatable bonds is 3. The van der Waals surface area contributed by atoms with Crippen LogP contribution in [0.5, 0.6) is 0 Å². The van der Waals surface area contributed by atoms with Gasteiger partial charge in [0.1, 0.15) is 0 Å². The van der Waals surface area contributed by atoms with Crippen LogP contribution in [0.1, 0.15) is 5.56 Å². The fourth-order valence-electron chi connectivity index (χ4n) is 1.56. The van der Waals surface area contributed by atoms with Crippen molar-refractivity contribution in [2.75, 3.05) is 0 Å². The average molecular weight is 268 g/mol. The van der Waals surface area contributed by atoms with Crippen LogP contribution >= 0.6 is 11.8 Å². The van der Waals surface area contributed by atoms with E-state index < -0.39 is 11.4 Å². The summed E-state index contributed by atoms with van der Waals surface area (Å²) in [7, 11) is 0. The Morgan fingerprint density at radius 3 is 2.56 bits per heavy atom. The number of benzene rings is 1. The van der Waals surface area contributed by atoms with Crippen LogP contribution in [0.2, 0.25) is 0 Å². The van der Waals surface area contributed by atoms with E-state index in [4.69, 9.17) is 0 Å². The van der Waals surface area contributed by atoms with Gasteiger partial charge < -0.3 is 4.98 Å². The number of hydrogen-bond acceptors (Lipinski definition) is 3. The Labute approximate surface area is 106 Å². The zero-order valence-electron chi connectivity index (χ0n) is 9.48. The van der Waals surface area contributed by atoms with E-state index in [1.165, 1.54) is 6.20 Å². The first-order chi connectivity index (χ1) is 8.56. The SMILES string of the molecule is Cc1cnc(=O)[nH]c1-c1ccc(SC(F)F)cc1. The van der Waals surface area contributed by atoms with Crippen molar-refractivity contribution in [1.29, 1.82) is 0 Å². The zero-order chi connectivity index (χ0) is 13.1. The summed E-state index contributed by atoms with van der Waals surface area (Å²) in [5, 5.41) is 0. The number of nitrogens with zero attached hydrogens (tertiary/aromatic N) is 1. The van der Waals surface area contributed by atoms with Crippen molar-refractivity contribution < 1.29 is 8.78 Å². The molecule has 0 amide bonds. The molecule has 1 aromatic carbocycles. The first kappa shape index (κ1) is 12.8. The van der Waals surface area contributed by atoms with Gasteiger partial charge in [-0.15, -0.1) is 0 Å². The van der Waals surface area contributed by atoms with Gasteiger partial charge in [0, 0.05) is 11.1 Å². The molecular formula is C12H10F2N2OS. The lowest BCUT2D eigenvalue weighted by atomic mass is 10.1. The quantitative estimate of drug-likeness (QED) is 0.870. The maximum atomic E-state index is 12.2. The van der Waals surface area contributed by atoms with E-state index in [-0.39, 0.29) is 0 Å². The lowest BCUT2D eigenvalue weighted by molar-refractivity contribution is 0.252. The number of H-pyrrole nitrogens is 1. The van der Waals surface area contributed by atoms with Crippen LogP contribution in [-0.2, 0) is 0 Å². The summed E-state index contributed by atoms with van der Waals surface area (Å²) in [5.41, 5.74) is 1.82. The maximum Gasteiger partial charge on any atom is 0.345 e. The molecule has 0 fully saturated rings. The molecule has 0 saturated carbocycles. The zero-order valence-corrected chi connectivity index (χ0v) is 10.3. The third kappa shape index (κ3) is 2.95. The molecule has 0 aliphatic heterocycles. The van der Waals surface area contributed by atoms with E-state index >= 15 is 0 Å². The van der Waals surface area contributed by atoms with Gasteiger partial charge in [0.2, 0.25) is 0 Å². The van der Waals surface area contributed by atoms with E-state index in [0.29, 0.717) is 22.4 Å². The minimum atomic E-state index is -2.43. The molecular weight excluding hydrogens is 258 g/mol. The maximum absolute atomic E-state index is 12.2. The highest BCUT2D eigenvalue weighted by Gasteiger charge is 2.07. The molecule has 0 aliphatic rings. The second kappa shape index (κ2) is 5.30. The summed E-state index contributed by atoms with van der Waals surface area (Å²) in [6.07, 6.45) is 1.48. The Kier molecular flexibility index (Phi) is 3.76. The van der Waals surface area contributed by atoms with Crippen LogP contribution in [0.15, 0.2) is 40.2 Å². The highest BCUT2D eigenvalue weighted by molar-refractivity contribution is 7.99. The third-order valence-electron chi connectivity index (χ3n) is 2.37. The summed E-state index contributed by atoms with van der Waals surface area (Å²) < 4.78 is 24.3. The van der Waals surface area contributed by atoms with E-state index in [1.807, 2.05) is 6.92 Å². The van der Waals surface area contributed by atoms with Crippen LogP contribution in [-0.4, -0.2) is 15.7 Å². The first-order valence-corrected chi connectivity index (χ1v) is 6.05. The normalized spacial score (nSPS) is 10.9. The minimum absolute atomic E-state index is 0.429. The number of aromatic amines is 1. The van der Waals surface area contributed by atoms with Crippen molar-refractivity contribution in [3.05, 3.63) is 46.5 Å². The molecule has 0 atom stereocenters. The van der Waals surface area contributed by atoms with Crippen molar-refractivity contribution in [1.82, 2.24) is 9.97 Å². The Balaban J connectivity index is 2.34. The van der Waals surface area contributed by atoms with Gasteiger partial charge in [-0.05, 0) is 30.2 Å². The highest BCUT2D eigenvalue weighted by Crippen LogP contribution is 2.27. The Morgan fingerprint density at radius 2 is 1.94 bits per heavy atom. The summed E-state index contributed by atoms with van der Waals surface area (Å²) in [6, 6.07) is 6.60. The van der Waals surface area contributed by atoms with Crippen LogP contribution in [0.4, 0.5) is 8.78 Å². The molecule has 2 aromatic rings. The lowest BCUT2D eigenvalue weighted by Crippen LogP contribution is -2.11. The van der Waals surface area contributed by atoms with Gasteiger partial charge in [-0.25, -0.2) is 9.78 Å².